The van der Waals surface area contributed by atoms with Gasteiger partial charge in [-0.3, -0.25) is 0 Å². The van der Waals surface area contributed by atoms with E-state index < -0.39 is 0 Å². The molecule has 6 heteroatoms. The van der Waals surface area contributed by atoms with Crippen molar-refractivity contribution in [3.05, 3.63) is 60.1 Å². The van der Waals surface area contributed by atoms with E-state index in [2.05, 4.69) is 44.5 Å². The van der Waals surface area contributed by atoms with Gasteiger partial charge in [-0.25, -0.2) is 4.98 Å². The minimum atomic E-state index is 0.440. The summed E-state index contributed by atoms with van der Waals surface area (Å²) in [7, 11) is 0. The number of aryl methyl sites for hydroxylation is 1. The van der Waals surface area contributed by atoms with Crippen LogP contribution in [-0.2, 0) is 6.54 Å². The zero-order valence-electron chi connectivity index (χ0n) is 14.9. The number of hydrogen-bond donors (Lipinski definition) is 1. The summed E-state index contributed by atoms with van der Waals surface area (Å²) < 4.78 is 5.62. The van der Waals surface area contributed by atoms with Gasteiger partial charge in [-0.2, -0.15) is 5.10 Å². The first-order valence-electron chi connectivity index (χ1n) is 9.06. The van der Waals surface area contributed by atoms with Crippen molar-refractivity contribution in [2.75, 3.05) is 18.0 Å². The number of nitrogens with one attached hydrogen (secondary N) is 1. The summed E-state index contributed by atoms with van der Waals surface area (Å²) in [5.74, 6) is 1.63. The van der Waals surface area contributed by atoms with Crippen LogP contribution >= 0.6 is 0 Å². The molecule has 4 rings (SSSR count). The average Bonchev–Trinajstić information content (AvgIpc) is 3.33. The Morgan fingerprint density at radius 1 is 1.23 bits per heavy atom. The molecule has 1 N–H and O–H groups in total. The van der Waals surface area contributed by atoms with Gasteiger partial charge in [0.05, 0.1) is 5.69 Å². The van der Waals surface area contributed by atoms with Crippen LogP contribution < -0.4 is 10.2 Å². The van der Waals surface area contributed by atoms with Crippen molar-refractivity contribution in [2.45, 2.75) is 32.4 Å². The van der Waals surface area contributed by atoms with Crippen molar-refractivity contribution < 1.29 is 4.42 Å². The second-order valence-corrected chi connectivity index (χ2v) is 6.71. The molecule has 0 bridgehead atoms. The zero-order valence-corrected chi connectivity index (χ0v) is 14.9. The SMILES string of the molecule is Cc1ccc(-c2nc(CNC[C@@H]3CCCN3c3cccnn3)co2)cc1. The summed E-state index contributed by atoms with van der Waals surface area (Å²) in [5.41, 5.74) is 3.16. The van der Waals surface area contributed by atoms with E-state index in [1.807, 2.05) is 24.3 Å². The maximum Gasteiger partial charge on any atom is 0.226 e. The first-order valence-corrected chi connectivity index (χ1v) is 9.06. The molecule has 0 saturated carbocycles. The number of aromatic nitrogens is 3. The number of benzene rings is 1. The smallest absolute Gasteiger partial charge is 0.226 e. The lowest BCUT2D eigenvalue weighted by Gasteiger charge is -2.25. The highest BCUT2D eigenvalue weighted by Crippen LogP contribution is 2.23. The molecular formula is C20H23N5O. The van der Waals surface area contributed by atoms with Gasteiger partial charge >= 0.3 is 0 Å². The van der Waals surface area contributed by atoms with Crippen LogP contribution in [0.4, 0.5) is 5.82 Å². The molecule has 1 aliphatic heterocycles. The van der Waals surface area contributed by atoms with Gasteiger partial charge in [0.1, 0.15) is 6.26 Å². The van der Waals surface area contributed by atoms with Gasteiger partial charge in [0.15, 0.2) is 5.82 Å². The topological polar surface area (TPSA) is 67.1 Å². The average molecular weight is 349 g/mol. The summed E-state index contributed by atoms with van der Waals surface area (Å²) in [6.07, 6.45) is 5.79. The highest BCUT2D eigenvalue weighted by molar-refractivity contribution is 5.53. The van der Waals surface area contributed by atoms with Gasteiger partial charge < -0.3 is 14.6 Å². The predicted molar refractivity (Wildman–Crippen MR) is 101 cm³/mol. The Balaban J connectivity index is 1.33. The first kappa shape index (κ1) is 16.7. The fraction of sp³-hybridized carbons (Fsp3) is 0.350. The van der Waals surface area contributed by atoms with Crippen LogP contribution in [0.25, 0.3) is 11.5 Å². The number of rotatable bonds is 6. The quantitative estimate of drug-likeness (QED) is 0.737. The van der Waals surface area contributed by atoms with Crippen LogP contribution in [0, 0.1) is 6.92 Å². The second-order valence-electron chi connectivity index (χ2n) is 6.71. The Morgan fingerprint density at radius 2 is 2.12 bits per heavy atom. The minimum Gasteiger partial charge on any atom is -0.444 e. The van der Waals surface area contributed by atoms with E-state index in [0.29, 0.717) is 18.5 Å². The lowest BCUT2D eigenvalue weighted by molar-refractivity contribution is 0.555. The van der Waals surface area contributed by atoms with Gasteiger partial charge in [0.2, 0.25) is 5.89 Å². The maximum absolute atomic E-state index is 5.62. The van der Waals surface area contributed by atoms with Crippen LogP contribution in [0.3, 0.4) is 0 Å². The molecule has 0 unspecified atom stereocenters. The largest absolute Gasteiger partial charge is 0.444 e. The van der Waals surface area contributed by atoms with Crippen LogP contribution in [0.1, 0.15) is 24.1 Å². The van der Waals surface area contributed by atoms with Crippen LogP contribution in [0.15, 0.2) is 53.3 Å². The molecule has 26 heavy (non-hydrogen) atoms. The Kier molecular flexibility index (Phi) is 4.93. The zero-order chi connectivity index (χ0) is 17.8. The summed E-state index contributed by atoms with van der Waals surface area (Å²) in [6, 6.07) is 12.6. The lowest BCUT2D eigenvalue weighted by atomic mass is 10.1. The number of nitrogens with zero attached hydrogens (tertiary/aromatic N) is 4. The van der Waals surface area contributed by atoms with Crippen molar-refractivity contribution in [2.24, 2.45) is 0 Å². The summed E-state index contributed by atoms with van der Waals surface area (Å²) in [4.78, 5) is 6.92. The van der Waals surface area contributed by atoms with Crippen molar-refractivity contribution >= 4 is 5.82 Å². The molecule has 2 aromatic heterocycles. The monoisotopic (exact) mass is 349 g/mol. The summed E-state index contributed by atoms with van der Waals surface area (Å²) >= 11 is 0. The lowest BCUT2D eigenvalue weighted by Crippen LogP contribution is -2.38. The van der Waals surface area contributed by atoms with E-state index in [1.54, 1.807) is 12.5 Å². The van der Waals surface area contributed by atoms with E-state index in [-0.39, 0.29) is 0 Å². The van der Waals surface area contributed by atoms with E-state index in [9.17, 15) is 0 Å². The van der Waals surface area contributed by atoms with E-state index >= 15 is 0 Å². The normalized spacial score (nSPS) is 17.0. The third-order valence-electron chi connectivity index (χ3n) is 4.77. The fourth-order valence-corrected chi connectivity index (χ4v) is 3.38. The van der Waals surface area contributed by atoms with Gasteiger partial charge in [0, 0.05) is 37.4 Å². The van der Waals surface area contributed by atoms with Gasteiger partial charge in [-0.05, 0) is 44.0 Å². The van der Waals surface area contributed by atoms with Crippen LogP contribution in [0.5, 0.6) is 0 Å². The molecule has 134 valence electrons. The third kappa shape index (κ3) is 3.75. The van der Waals surface area contributed by atoms with Gasteiger partial charge in [-0.15, -0.1) is 5.10 Å². The van der Waals surface area contributed by atoms with Crippen molar-refractivity contribution in [3.8, 4) is 11.5 Å². The Morgan fingerprint density at radius 3 is 2.92 bits per heavy atom. The Labute approximate surface area is 153 Å². The maximum atomic E-state index is 5.62. The molecule has 1 aromatic carbocycles. The molecular weight excluding hydrogens is 326 g/mol. The molecule has 1 atom stereocenters. The molecule has 1 saturated heterocycles. The summed E-state index contributed by atoms with van der Waals surface area (Å²) in [5, 5.41) is 11.7. The van der Waals surface area contributed by atoms with Gasteiger partial charge in [-0.1, -0.05) is 17.7 Å². The minimum absolute atomic E-state index is 0.440. The van der Waals surface area contributed by atoms with E-state index in [0.717, 1.165) is 36.6 Å². The second kappa shape index (κ2) is 7.66. The molecule has 3 heterocycles. The molecule has 0 amide bonds. The van der Waals surface area contributed by atoms with Crippen molar-refractivity contribution in [1.82, 2.24) is 20.5 Å². The van der Waals surface area contributed by atoms with Crippen LogP contribution in [-0.4, -0.2) is 34.3 Å². The third-order valence-corrected chi connectivity index (χ3v) is 4.77. The predicted octanol–water partition coefficient (Wildman–Crippen LogP) is 3.20. The standard InChI is InChI=1S/C20H23N5O/c1-15-6-8-16(9-7-15)20-23-17(14-26-20)12-21-13-18-4-3-11-25(18)19-5-2-10-22-24-19/h2,5-10,14,18,21H,3-4,11-13H2,1H3/t18-/m0/s1. The van der Waals surface area contributed by atoms with E-state index in [4.69, 9.17) is 4.42 Å². The van der Waals surface area contributed by atoms with Crippen molar-refractivity contribution in [3.63, 3.8) is 0 Å². The van der Waals surface area contributed by atoms with E-state index in [1.165, 1.54) is 12.0 Å². The van der Waals surface area contributed by atoms with Crippen molar-refractivity contribution in [1.29, 1.82) is 0 Å². The number of anilines is 1. The highest BCUT2D eigenvalue weighted by atomic mass is 16.3. The molecule has 0 radical (unpaired) electrons. The number of oxazole rings is 1. The molecule has 1 fully saturated rings. The van der Waals surface area contributed by atoms with Crippen LogP contribution in [0.2, 0.25) is 0 Å². The Hall–Kier alpha value is -2.73. The fourth-order valence-electron chi connectivity index (χ4n) is 3.38. The molecule has 6 nitrogen and oxygen atoms in total. The molecule has 3 aromatic rings. The molecule has 0 spiro atoms. The molecule has 0 aliphatic carbocycles. The summed E-state index contributed by atoms with van der Waals surface area (Å²) in [6.45, 7) is 4.69. The van der Waals surface area contributed by atoms with Gasteiger partial charge in [0.25, 0.3) is 0 Å². The molecule has 1 aliphatic rings. The number of hydrogen-bond acceptors (Lipinski definition) is 6. The first-order chi connectivity index (χ1) is 12.8. The highest BCUT2D eigenvalue weighted by Gasteiger charge is 2.25. The Bertz CT molecular complexity index is 831.